The minimum atomic E-state index is -5.08. The van der Waals surface area contributed by atoms with Crippen molar-refractivity contribution in [1.29, 1.82) is 0 Å². The molecule has 2 aromatic heterocycles. The highest BCUT2D eigenvalue weighted by Gasteiger charge is 2.43. The Hall–Kier alpha value is -2.57. The SMILES string of the molecule is Cc1nc(CN2CCOCC23CCN(C(=O)c2ccccn2)CC3)cs1.O=C(O)C(F)(F)F. The van der Waals surface area contributed by atoms with Crippen LogP contribution in [0.1, 0.15) is 34.0 Å². The number of carbonyl (C=O) groups is 2. The molecule has 180 valence electrons. The molecule has 0 saturated carbocycles. The summed E-state index contributed by atoms with van der Waals surface area (Å²) in [6.45, 7) is 6.82. The highest BCUT2D eigenvalue weighted by molar-refractivity contribution is 7.09. The number of likely N-dealkylation sites (tertiary alicyclic amines) is 1. The second-order valence-electron chi connectivity index (χ2n) is 7.87. The van der Waals surface area contributed by atoms with Crippen molar-refractivity contribution in [1.82, 2.24) is 19.8 Å². The summed E-state index contributed by atoms with van der Waals surface area (Å²) in [5.41, 5.74) is 1.68. The number of hydrogen-bond donors (Lipinski definition) is 1. The number of thiazole rings is 1. The number of hydrogen-bond acceptors (Lipinski definition) is 7. The first-order valence-electron chi connectivity index (χ1n) is 10.3. The molecule has 0 unspecified atom stereocenters. The van der Waals surface area contributed by atoms with Crippen LogP contribution in [-0.2, 0) is 16.1 Å². The lowest BCUT2D eigenvalue weighted by molar-refractivity contribution is -0.192. The summed E-state index contributed by atoms with van der Waals surface area (Å²) in [5.74, 6) is -2.73. The zero-order valence-electron chi connectivity index (χ0n) is 18.0. The first-order valence-corrected chi connectivity index (χ1v) is 11.2. The number of aliphatic carboxylic acids is 1. The second kappa shape index (κ2) is 10.6. The van der Waals surface area contributed by atoms with Crippen molar-refractivity contribution in [2.45, 2.75) is 38.0 Å². The van der Waals surface area contributed by atoms with E-state index in [-0.39, 0.29) is 11.4 Å². The van der Waals surface area contributed by atoms with Gasteiger partial charge >= 0.3 is 12.1 Å². The highest BCUT2D eigenvalue weighted by Crippen LogP contribution is 2.33. The van der Waals surface area contributed by atoms with Crippen molar-refractivity contribution in [3.63, 3.8) is 0 Å². The van der Waals surface area contributed by atoms with Crippen LogP contribution in [0.4, 0.5) is 13.2 Å². The third kappa shape index (κ3) is 6.49. The van der Waals surface area contributed by atoms with Crippen LogP contribution in [0.5, 0.6) is 0 Å². The molecule has 4 heterocycles. The third-order valence-electron chi connectivity index (χ3n) is 5.67. The van der Waals surface area contributed by atoms with Gasteiger partial charge in [0.15, 0.2) is 0 Å². The van der Waals surface area contributed by atoms with Gasteiger partial charge in [-0.3, -0.25) is 14.7 Å². The first kappa shape index (κ1) is 25.1. The zero-order valence-corrected chi connectivity index (χ0v) is 18.9. The van der Waals surface area contributed by atoms with E-state index in [0.717, 1.165) is 62.9 Å². The van der Waals surface area contributed by atoms with Crippen molar-refractivity contribution in [3.8, 4) is 0 Å². The van der Waals surface area contributed by atoms with E-state index >= 15 is 0 Å². The van der Waals surface area contributed by atoms with Gasteiger partial charge in [0.1, 0.15) is 5.69 Å². The Morgan fingerprint density at radius 2 is 1.94 bits per heavy atom. The minimum absolute atomic E-state index is 0.0106. The molecule has 2 saturated heterocycles. The van der Waals surface area contributed by atoms with Crippen LogP contribution in [-0.4, -0.2) is 81.3 Å². The van der Waals surface area contributed by atoms with Crippen molar-refractivity contribution in [3.05, 3.63) is 46.2 Å². The van der Waals surface area contributed by atoms with Crippen LogP contribution in [0.25, 0.3) is 0 Å². The van der Waals surface area contributed by atoms with Crippen LogP contribution in [0.15, 0.2) is 29.8 Å². The van der Waals surface area contributed by atoms with Crippen LogP contribution < -0.4 is 0 Å². The Labute approximate surface area is 193 Å². The number of carboxylic acids is 1. The van der Waals surface area contributed by atoms with Crippen LogP contribution in [0.3, 0.4) is 0 Å². The maximum atomic E-state index is 12.7. The van der Waals surface area contributed by atoms with E-state index in [2.05, 4.69) is 20.2 Å². The molecule has 2 fully saturated rings. The Kier molecular flexibility index (Phi) is 8.03. The lowest BCUT2D eigenvalue weighted by atomic mass is 9.85. The Bertz CT molecular complexity index is 946. The second-order valence-corrected chi connectivity index (χ2v) is 8.93. The van der Waals surface area contributed by atoms with Crippen LogP contribution in [0, 0.1) is 6.92 Å². The molecule has 0 aliphatic carbocycles. The third-order valence-corrected chi connectivity index (χ3v) is 6.50. The van der Waals surface area contributed by atoms with E-state index in [9.17, 15) is 18.0 Å². The summed E-state index contributed by atoms with van der Waals surface area (Å²) in [5, 5.41) is 10.4. The Morgan fingerprint density at radius 3 is 2.48 bits per heavy atom. The number of aromatic nitrogens is 2. The monoisotopic (exact) mass is 486 g/mol. The van der Waals surface area contributed by atoms with E-state index in [1.807, 2.05) is 24.0 Å². The molecule has 8 nitrogen and oxygen atoms in total. The molecule has 0 bridgehead atoms. The number of piperidine rings is 1. The maximum Gasteiger partial charge on any atom is 0.490 e. The van der Waals surface area contributed by atoms with E-state index in [0.29, 0.717) is 5.69 Å². The van der Waals surface area contributed by atoms with Gasteiger partial charge in [-0.15, -0.1) is 11.3 Å². The van der Waals surface area contributed by atoms with E-state index in [1.165, 1.54) is 0 Å². The van der Waals surface area contributed by atoms with Gasteiger partial charge in [0.2, 0.25) is 0 Å². The molecule has 1 amide bonds. The summed E-state index contributed by atoms with van der Waals surface area (Å²) in [6.07, 6.45) is -1.56. The molecule has 1 spiro atoms. The first-order chi connectivity index (χ1) is 15.6. The van der Waals surface area contributed by atoms with Gasteiger partial charge in [-0.2, -0.15) is 13.2 Å². The molecule has 2 aliphatic heterocycles. The summed E-state index contributed by atoms with van der Waals surface area (Å²) in [7, 11) is 0. The van der Waals surface area contributed by atoms with E-state index in [4.69, 9.17) is 14.6 Å². The lowest BCUT2D eigenvalue weighted by Gasteiger charge is -2.51. The number of halogens is 3. The topological polar surface area (TPSA) is 95.9 Å². The summed E-state index contributed by atoms with van der Waals surface area (Å²) >= 11 is 1.70. The Morgan fingerprint density at radius 1 is 1.24 bits per heavy atom. The van der Waals surface area contributed by atoms with Crippen LogP contribution in [0.2, 0.25) is 0 Å². The van der Waals surface area contributed by atoms with Gasteiger partial charge in [0.25, 0.3) is 5.91 Å². The number of carbonyl (C=O) groups excluding carboxylic acids is 1. The number of ether oxygens (including phenoxy) is 1. The number of alkyl halides is 3. The predicted molar refractivity (Wildman–Crippen MR) is 114 cm³/mol. The summed E-state index contributed by atoms with van der Waals surface area (Å²) in [6, 6.07) is 5.48. The molecule has 1 N–H and O–H groups in total. The number of rotatable bonds is 3. The molecular formula is C21H25F3N4O4S. The van der Waals surface area contributed by atoms with Crippen molar-refractivity contribution in [2.24, 2.45) is 0 Å². The van der Waals surface area contributed by atoms with Crippen molar-refractivity contribution < 1.29 is 32.6 Å². The fourth-order valence-electron chi connectivity index (χ4n) is 3.93. The minimum Gasteiger partial charge on any atom is -0.475 e. The van der Waals surface area contributed by atoms with Crippen molar-refractivity contribution in [2.75, 3.05) is 32.8 Å². The zero-order chi connectivity index (χ0) is 24.1. The smallest absolute Gasteiger partial charge is 0.475 e. The quantitative estimate of drug-likeness (QED) is 0.713. The summed E-state index contributed by atoms with van der Waals surface area (Å²) < 4.78 is 37.6. The standard InChI is InChI=1S/C19H24N4O2S.C2HF3O2/c1-15-21-16(13-26-15)12-23-10-11-25-14-19(23)5-8-22(9-6-19)18(24)17-4-2-3-7-20-17;3-2(4,5)1(6)7/h2-4,7,13H,5-6,8-12,14H2,1H3;(H,6,7). The number of carboxylic acid groups (broad SMARTS) is 1. The molecular weight excluding hydrogens is 461 g/mol. The van der Waals surface area contributed by atoms with E-state index in [1.54, 1.807) is 23.6 Å². The number of nitrogens with zero attached hydrogens (tertiary/aromatic N) is 4. The van der Waals surface area contributed by atoms with Gasteiger partial charge in [-0.05, 0) is 31.9 Å². The fraction of sp³-hybridized carbons (Fsp3) is 0.524. The lowest BCUT2D eigenvalue weighted by Crippen LogP contribution is -2.61. The largest absolute Gasteiger partial charge is 0.490 e. The number of pyridine rings is 1. The predicted octanol–water partition coefficient (Wildman–Crippen LogP) is 2.99. The van der Waals surface area contributed by atoms with Gasteiger partial charge in [-0.1, -0.05) is 6.07 Å². The van der Waals surface area contributed by atoms with Crippen molar-refractivity contribution >= 4 is 23.2 Å². The van der Waals surface area contributed by atoms with Gasteiger partial charge in [-0.25, -0.2) is 9.78 Å². The number of aryl methyl sites for hydroxylation is 1. The molecule has 4 rings (SSSR count). The van der Waals surface area contributed by atoms with Gasteiger partial charge in [0.05, 0.1) is 23.9 Å². The maximum absolute atomic E-state index is 12.7. The molecule has 0 radical (unpaired) electrons. The normalized spacial score (nSPS) is 18.5. The van der Waals surface area contributed by atoms with Gasteiger partial charge < -0.3 is 14.7 Å². The number of amides is 1. The average Bonchev–Trinajstić information content (AvgIpc) is 3.20. The molecule has 33 heavy (non-hydrogen) atoms. The fourth-order valence-corrected chi connectivity index (χ4v) is 4.53. The molecule has 0 aromatic carbocycles. The molecule has 2 aromatic rings. The Balaban J connectivity index is 0.000000383. The van der Waals surface area contributed by atoms with Crippen LogP contribution >= 0.6 is 11.3 Å². The average molecular weight is 487 g/mol. The molecule has 2 aliphatic rings. The molecule has 0 atom stereocenters. The van der Waals surface area contributed by atoms with Gasteiger partial charge in [0, 0.05) is 43.3 Å². The van der Waals surface area contributed by atoms with E-state index < -0.39 is 12.1 Å². The highest BCUT2D eigenvalue weighted by atomic mass is 32.1. The summed E-state index contributed by atoms with van der Waals surface area (Å²) in [4.78, 5) is 34.8. The number of morpholine rings is 1. The molecule has 12 heteroatoms.